The summed E-state index contributed by atoms with van der Waals surface area (Å²) in [6.45, 7) is 0.435. The Balaban J connectivity index is 2.15. The maximum absolute atomic E-state index is 11.4. The van der Waals surface area contributed by atoms with Crippen molar-refractivity contribution in [2.75, 3.05) is 39.2 Å². The van der Waals surface area contributed by atoms with Crippen molar-refractivity contribution < 1.29 is 23.8 Å². The van der Waals surface area contributed by atoms with Crippen LogP contribution in [0.2, 0.25) is 0 Å². The van der Waals surface area contributed by atoms with Crippen LogP contribution < -0.4 is 15.8 Å². The van der Waals surface area contributed by atoms with E-state index in [1.807, 2.05) is 0 Å². The van der Waals surface area contributed by atoms with Gasteiger partial charge in [0.15, 0.2) is 13.2 Å². The summed E-state index contributed by atoms with van der Waals surface area (Å²) in [7, 11) is 1.59. The number of esters is 1. The lowest BCUT2D eigenvalue weighted by molar-refractivity contribution is -0.150. The van der Waals surface area contributed by atoms with E-state index in [2.05, 4.69) is 5.32 Å². The van der Waals surface area contributed by atoms with Gasteiger partial charge in [0.1, 0.15) is 5.75 Å². The zero-order chi connectivity index (χ0) is 15.5. The summed E-state index contributed by atoms with van der Waals surface area (Å²) in [4.78, 5) is 22.7. The van der Waals surface area contributed by atoms with E-state index in [9.17, 15) is 9.59 Å². The summed E-state index contributed by atoms with van der Waals surface area (Å²) in [5.74, 6) is -0.510. The van der Waals surface area contributed by atoms with Gasteiger partial charge in [0.05, 0.1) is 0 Å². The Kier molecular flexibility index (Phi) is 7.67. The van der Waals surface area contributed by atoms with Gasteiger partial charge in [-0.3, -0.25) is 4.79 Å². The molecule has 0 aromatic heterocycles. The van der Waals surface area contributed by atoms with Gasteiger partial charge in [-0.25, -0.2) is 4.79 Å². The normalized spacial score (nSPS) is 9.95. The summed E-state index contributed by atoms with van der Waals surface area (Å²) in [5.41, 5.74) is 6.11. The average molecular weight is 296 g/mol. The van der Waals surface area contributed by atoms with Gasteiger partial charge in [-0.05, 0) is 18.6 Å². The molecule has 0 saturated heterocycles. The lowest BCUT2D eigenvalue weighted by Crippen LogP contribution is -2.31. The number of nitrogens with two attached hydrogens (primary N) is 1. The van der Waals surface area contributed by atoms with Crippen LogP contribution in [0.5, 0.6) is 5.75 Å². The minimum Gasteiger partial charge on any atom is -0.482 e. The highest BCUT2D eigenvalue weighted by atomic mass is 16.6. The molecule has 0 heterocycles. The number of carbonyl (C=O) groups is 2. The number of carbonyl (C=O) groups excluding carboxylic acids is 2. The molecular weight excluding hydrogens is 276 g/mol. The van der Waals surface area contributed by atoms with E-state index in [1.165, 1.54) is 0 Å². The molecule has 1 aromatic carbocycles. The molecule has 1 amide bonds. The molecule has 0 aliphatic rings. The Morgan fingerprint density at radius 1 is 1.29 bits per heavy atom. The van der Waals surface area contributed by atoms with E-state index in [0.717, 1.165) is 0 Å². The van der Waals surface area contributed by atoms with Gasteiger partial charge in [-0.15, -0.1) is 0 Å². The molecule has 0 radical (unpaired) electrons. The largest absolute Gasteiger partial charge is 0.482 e. The van der Waals surface area contributed by atoms with Crippen molar-refractivity contribution >= 4 is 17.6 Å². The van der Waals surface area contributed by atoms with Crippen LogP contribution in [0.3, 0.4) is 0 Å². The Bertz CT molecular complexity index is 464. The van der Waals surface area contributed by atoms with Crippen molar-refractivity contribution in [3.8, 4) is 5.75 Å². The summed E-state index contributed by atoms with van der Waals surface area (Å²) in [6, 6.07) is 6.69. The predicted octanol–water partition coefficient (Wildman–Crippen LogP) is 0.344. The Morgan fingerprint density at radius 2 is 2.10 bits per heavy atom. The van der Waals surface area contributed by atoms with Crippen molar-refractivity contribution in [2.45, 2.75) is 6.42 Å². The number of hydrogen-bond donors (Lipinski definition) is 2. The second kappa shape index (κ2) is 9.60. The lowest BCUT2D eigenvalue weighted by atomic mass is 10.3. The molecule has 0 fully saturated rings. The number of methoxy groups -OCH3 is 1. The molecular formula is C14H20N2O5. The zero-order valence-electron chi connectivity index (χ0n) is 12.0. The molecule has 3 N–H and O–H groups in total. The van der Waals surface area contributed by atoms with E-state index in [1.54, 1.807) is 31.4 Å². The first kappa shape index (κ1) is 16.8. The smallest absolute Gasteiger partial charge is 0.344 e. The van der Waals surface area contributed by atoms with E-state index in [4.69, 9.17) is 19.9 Å². The third-order valence-corrected chi connectivity index (χ3v) is 2.43. The van der Waals surface area contributed by atoms with Gasteiger partial charge in [-0.1, -0.05) is 6.07 Å². The molecule has 21 heavy (non-hydrogen) atoms. The third-order valence-electron chi connectivity index (χ3n) is 2.43. The predicted molar refractivity (Wildman–Crippen MR) is 76.8 cm³/mol. The highest BCUT2D eigenvalue weighted by molar-refractivity contribution is 5.80. The van der Waals surface area contributed by atoms with Crippen LogP contribution in [0.1, 0.15) is 6.42 Å². The summed E-state index contributed by atoms with van der Waals surface area (Å²) < 4.78 is 14.8. The molecule has 0 saturated carbocycles. The molecule has 0 aliphatic carbocycles. The minimum atomic E-state index is -0.621. The fraction of sp³-hybridized carbons (Fsp3) is 0.429. The zero-order valence-corrected chi connectivity index (χ0v) is 12.0. The summed E-state index contributed by atoms with van der Waals surface area (Å²) in [6.07, 6.45) is 0.703. The first-order chi connectivity index (χ1) is 10.1. The fourth-order valence-corrected chi connectivity index (χ4v) is 1.43. The number of hydrogen-bond acceptors (Lipinski definition) is 6. The topological polar surface area (TPSA) is 99.9 Å². The van der Waals surface area contributed by atoms with Gasteiger partial charge >= 0.3 is 5.97 Å². The van der Waals surface area contributed by atoms with Crippen molar-refractivity contribution in [3.05, 3.63) is 24.3 Å². The van der Waals surface area contributed by atoms with Gasteiger partial charge in [0.2, 0.25) is 0 Å². The van der Waals surface area contributed by atoms with Gasteiger partial charge in [0.25, 0.3) is 5.91 Å². The van der Waals surface area contributed by atoms with Crippen LogP contribution in [0.15, 0.2) is 24.3 Å². The Hall–Kier alpha value is -2.28. The van der Waals surface area contributed by atoms with E-state index < -0.39 is 5.97 Å². The quantitative estimate of drug-likeness (QED) is 0.387. The van der Waals surface area contributed by atoms with Gasteiger partial charge in [0, 0.05) is 32.0 Å². The van der Waals surface area contributed by atoms with Crippen molar-refractivity contribution in [1.29, 1.82) is 0 Å². The number of nitrogen functional groups attached to an aromatic ring is 1. The van der Waals surface area contributed by atoms with E-state index in [0.29, 0.717) is 31.0 Å². The number of anilines is 1. The third kappa shape index (κ3) is 7.78. The minimum absolute atomic E-state index is 0.277. The van der Waals surface area contributed by atoms with E-state index >= 15 is 0 Å². The molecule has 0 spiro atoms. The molecule has 1 rings (SSSR count). The number of nitrogens with one attached hydrogen (secondary N) is 1. The molecule has 0 bridgehead atoms. The number of ether oxygens (including phenoxy) is 3. The average Bonchev–Trinajstić information content (AvgIpc) is 2.47. The number of benzene rings is 1. The van der Waals surface area contributed by atoms with E-state index in [-0.39, 0.29) is 19.1 Å². The molecule has 7 nitrogen and oxygen atoms in total. The summed E-state index contributed by atoms with van der Waals surface area (Å²) in [5, 5.41) is 2.60. The lowest BCUT2D eigenvalue weighted by Gasteiger charge is -2.08. The summed E-state index contributed by atoms with van der Waals surface area (Å²) >= 11 is 0. The first-order valence-electron chi connectivity index (χ1n) is 6.51. The molecule has 0 atom stereocenters. The SMILES string of the molecule is COCCCNC(=O)COC(=O)COc1cccc(N)c1. The highest BCUT2D eigenvalue weighted by Gasteiger charge is 2.08. The van der Waals surface area contributed by atoms with Gasteiger partial charge in [-0.2, -0.15) is 0 Å². The number of amides is 1. The van der Waals surface area contributed by atoms with Crippen LogP contribution in [0, 0.1) is 0 Å². The van der Waals surface area contributed by atoms with Crippen LogP contribution in [-0.2, 0) is 19.1 Å². The van der Waals surface area contributed by atoms with Crippen molar-refractivity contribution in [1.82, 2.24) is 5.32 Å². The van der Waals surface area contributed by atoms with Crippen LogP contribution >= 0.6 is 0 Å². The molecule has 0 aliphatic heterocycles. The van der Waals surface area contributed by atoms with Crippen molar-refractivity contribution in [2.24, 2.45) is 0 Å². The van der Waals surface area contributed by atoms with Crippen LogP contribution in [-0.4, -0.2) is 45.4 Å². The van der Waals surface area contributed by atoms with Gasteiger partial charge < -0.3 is 25.3 Å². The molecule has 0 unspecified atom stereocenters. The second-order valence-electron chi connectivity index (χ2n) is 4.22. The second-order valence-corrected chi connectivity index (χ2v) is 4.22. The Labute approximate surface area is 123 Å². The van der Waals surface area contributed by atoms with Crippen LogP contribution in [0.25, 0.3) is 0 Å². The monoisotopic (exact) mass is 296 g/mol. The fourth-order valence-electron chi connectivity index (χ4n) is 1.43. The Morgan fingerprint density at radius 3 is 2.81 bits per heavy atom. The molecule has 1 aromatic rings. The maximum Gasteiger partial charge on any atom is 0.344 e. The van der Waals surface area contributed by atoms with Crippen molar-refractivity contribution in [3.63, 3.8) is 0 Å². The standard InChI is InChI=1S/C14H20N2O5/c1-19-7-3-6-16-13(17)9-21-14(18)10-20-12-5-2-4-11(15)8-12/h2,4-5,8H,3,6-7,9-10,15H2,1H3,(H,16,17). The first-order valence-corrected chi connectivity index (χ1v) is 6.51. The van der Waals surface area contributed by atoms with Crippen LogP contribution in [0.4, 0.5) is 5.69 Å². The highest BCUT2D eigenvalue weighted by Crippen LogP contribution is 2.14. The molecule has 116 valence electrons. The maximum atomic E-state index is 11.4. The number of rotatable bonds is 9. The molecule has 7 heteroatoms.